The van der Waals surface area contributed by atoms with Crippen LogP contribution in [-0.4, -0.2) is 25.7 Å². The van der Waals surface area contributed by atoms with E-state index in [1.54, 1.807) is 36.5 Å². The Morgan fingerprint density at radius 1 is 1.07 bits per heavy atom. The lowest BCUT2D eigenvalue weighted by Gasteiger charge is -2.11. The number of aryl methyl sites for hydroxylation is 2. The van der Waals surface area contributed by atoms with Crippen LogP contribution in [0.2, 0.25) is 0 Å². The average Bonchev–Trinajstić information content (AvgIpc) is 2.76. The third kappa shape index (κ3) is 3.82. The normalized spacial score (nSPS) is 10.9. The van der Waals surface area contributed by atoms with E-state index in [1.807, 2.05) is 38.1 Å². The summed E-state index contributed by atoms with van der Waals surface area (Å²) in [6.07, 6.45) is 2.45. The second-order valence-corrected chi connectivity index (χ2v) is 6.95. The maximum atomic E-state index is 13.1. The highest BCUT2D eigenvalue weighted by atomic mass is 16.2. The number of aromatic nitrogens is 4. The van der Waals surface area contributed by atoms with Crippen molar-refractivity contribution in [2.24, 2.45) is 0 Å². The fraction of sp³-hybridized carbons (Fsp3) is 0.174. The zero-order chi connectivity index (χ0) is 21.1. The molecule has 2 aromatic heterocycles. The molecule has 0 unspecified atom stereocenters. The molecule has 0 radical (unpaired) electrons. The van der Waals surface area contributed by atoms with E-state index in [2.05, 4.69) is 20.4 Å². The SMILES string of the molecule is CCCn1nc(C(=O)Nc2cccc(-c3ccnc(C)n3)c2)c2ccccc2c1=O. The van der Waals surface area contributed by atoms with E-state index in [0.717, 1.165) is 17.7 Å². The minimum absolute atomic E-state index is 0.190. The third-order valence-corrected chi connectivity index (χ3v) is 4.71. The van der Waals surface area contributed by atoms with Gasteiger partial charge in [0.1, 0.15) is 5.82 Å². The van der Waals surface area contributed by atoms with Gasteiger partial charge in [0.25, 0.3) is 11.5 Å². The van der Waals surface area contributed by atoms with Gasteiger partial charge in [-0.15, -0.1) is 0 Å². The average molecular weight is 399 g/mol. The number of carbonyl (C=O) groups is 1. The van der Waals surface area contributed by atoms with Crippen molar-refractivity contribution in [1.29, 1.82) is 0 Å². The molecule has 0 aliphatic heterocycles. The van der Waals surface area contributed by atoms with E-state index in [-0.39, 0.29) is 17.2 Å². The zero-order valence-corrected chi connectivity index (χ0v) is 16.8. The molecule has 0 spiro atoms. The molecule has 0 atom stereocenters. The van der Waals surface area contributed by atoms with Crippen molar-refractivity contribution in [2.75, 3.05) is 5.32 Å². The van der Waals surface area contributed by atoms with Crippen LogP contribution in [0.25, 0.3) is 22.0 Å². The first-order valence-electron chi connectivity index (χ1n) is 9.78. The molecule has 0 fully saturated rings. The van der Waals surface area contributed by atoms with Gasteiger partial charge in [-0.05, 0) is 37.6 Å². The number of benzene rings is 2. The molecule has 0 bridgehead atoms. The van der Waals surface area contributed by atoms with Gasteiger partial charge >= 0.3 is 0 Å². The van der Waals surface area contributed by atoms with Gasteiger partial charge in [-0.3, -0.25) is 9.59 Å². The molecular weight excluding hydrogens is 378 g/mol. The van der Waals surface area contributed by atoms with Crippen LogP contribution in [0, 0.1) is 6.92 Å². The van der Waals surface area contributed by atoms with Gasteiger partial charge in [0.15, 0.2) is 5.69 Å². The predicted octanol–water partition coefficient (Wildman–Crippen LogP) is 3.82. The summed E-state index contributed by atoms with van der Waals surface area (Å²) in [5, 5.41) is 8.27. The Kier molecular flexibility index (Phi) is 5.34. The van der Waals surface area contributed by atoms with E-state index in [9.17, 15) is 9.59 Å². The predicted molar refractivity (Wildman–Crippen MR) is 116 cm³/mol. The fourth-order valence-electron chi connectivity index (χ4n) is 3.33. The summed E-state index contributed by atoms with van der Waals surface area (Å²) in [7, 11) is 0. The number of fused-ring (bicyclic) bond motifs is 1. The summed E-state index contributed by atoms with van der Waals surface area (Å²) < 4.78 is 1.36. The minimum Gasteiger partial charge on any atom is -0.321 e. The van der Waals surface area contributed by atoms with Crippen LogP contribution in [0.1, 0.15) is 29.7 Å². The first-order valence-corrected chi connectivity index (χ1v) is 9.78. The zero-order valence-electron chi connectivity index (χ0n) is 16.8. The van der Waals surface area contributed by atoms with Gasteiger partial charge in [-0.1, -0.05) is 37.3 Å². The van der Waals surface area contributed by atoms with E-state index in [0.29, 0.717) is 28.8 Å². The van der Waals surface area contributed by atoms with Crippen molar-refractivity contribution in [1.82, 2.24) is 19.7 Å². The van der Waals surface area contributed by atoms with Gasteiger partial charge in [0.05, 0.1) is 11.1 Å². The molecule has 0 saturated heterocycles. The van der Waals surface area contributed by atoms with Gasteiger partial charge in [-0.2, -0.15) is 5.10 Å². The number of rotatable bonds is 5. The van der Waals surface area contributed by atoms with E-state index in [1.165, 1.54) is 4.68 Å². The van der Waals surface area contributed by atoms with Crippen LogP contribution in [-0.2, 0) is 6.54 Å². The summed E-state index contributed by atoms with van der Waals surface area (Å²) in [6, 6.07) is 16.3. The maximum absolute atomic E-state index is 13.1. The van der Waals surface area contributed by atoms with E-state index in [4.69, 9.17) is 0 Å². The second-order valence-electron chi connectivity index (χ2n) is 6.95. The Balaban J connectivity index is 1.71. The molecule has 7 heteroatoms. The van der Waals surface area contributed by atoms with Crippen molar-refractivity contribution < 1.29 is 4.79 Å². The van der Waals surface area contributed by atoms with Gasteiger partial charge in [0.2, 0.25) is 0 Å². The van der Waals surface area contributed by atoms with Gasteiger partial charge < -0.3 is 5.32 Å². The number of amides is 1. The summed E-state index contributed by atoms with van der Waals surface area (Å²) in [5.74, 6) is 0.308. The highest BCUT2D eigenvalue weighted by Gasteiger charge is 2.17. The Hall–Kier alpha value is -3.87. The molecule has 0 aliphatic carbocycles. The quantitative estimate of drug-likeness (QED) is 0.551. The Morgan fingerprint density at radius 3 is 2.63 bits per heavy atom. The van der Waals surface area contributed by atoms with Gasteiger partial charge in [0, 0.05) is 29.4 Å². The number of carbonyl (C=O) groups excluding carboxylic acids is 1. The summed E-state index contributed by atoms with van der Waals surface area (Å²) >= 11 is 0. The molecule has 7 nitrogen and oxygen atoms in total. The van der Waals surface area contributed by atoms with Crippen molar-refractivity contribution >= 4 is 22.4 Å². The molecule has 30 heavy (non-hydrogen) atoms. The number of nitrogens with zero attached hydrogens (tertiary/aromatic N) is 4. The number of anilines is 1. The molecule has 0 aliphatic rings. The highest BCUT2D eigenvalue weighted by Crippen LogP contribution is 2.22. The van der Waals surface area contributed by atoms with Crippen molar-refractivity contribution in [3.8, 4) is 11.3 Å². The van der Waals surface area contributed by atoms with Crippen LogP contribution in [0.5, 0.6) is 0 Å². The van der Waals surface area contributed by atoms with Crippen LogP contribution >= 0.6 is 0 Å². The molecule has 2 aromatic carbocycles. The first-order chi connectivity index (χ1) is 14.6. The molecule has 0 saturated carbocycles. The lowest BCUT2D eigenvalue weighted by molar-refractivity contribution is 0.102. The number of nitrogens with one attached hydrogen (secondary N) is 1. The third-order valence-electron chi connectivity index (χ3n) is 4.71. The largest absolute Gasteiger partial charge is 0.321 e. The smallest absolute Gasteiger partial charge is 0.276 e. The van der Waals surface area contributed by atoms with Crippen LogP contribution < -0.4 is 10.9 Å². The van der Waals surface area contributed by atoms with Crippen LogP contribution in [0.3, 0.4) is 0 Å². The molecule has 1 amide bonds. The van der Waals surface area contributed by atoms with Crippen LogP contribution in [0.4, 0.5) is 5.69 Å². The molecule has 4 aromatic rings. The summed E-state index contributed by atoms with van der Waals surface area (Å²) in [6.45, 7) is 4.24. The Labute approximate surface area is 173 Å². The number of hydrogen-bond donors (Lipinski definition) is 1. The summed E-state index contributed by atoms with van der Waals surface area (Å²) in [4.78, 5) is 34.3. The minimum atomic E-state index is -0.368. The van der Waals surface area contributed by atoms with E-state index < -0.39 is 0 Å². The first kappa shape index (κ1) is 19.4. The lowest BCUT2D eigenvalue weighted by Crippen LogP contribution is -2.27. The topological polar surface area (TPSA) is 89.8 Å². The molecular formula is C23H21N5O2. The number of hydrogen-bond acceptors (Lipinski definition) is 5. The van der Waals surface area contributed by atoms with Crippen molar-refractivity contribution in [2.45, 2.75) is 26.8 Å². The lowest BCUT2D eigenvalue weighted by atomic mass is 10.1. The Morgan fingerprint density at radius 2 is 1.87 bits per heavy atom. The molecule has 4 rings (SSSR count). The molecule has 150 valence electrons. The second kappa shape index (κ2) is 8.24. The van der Waals surface area contributed by atoms with Crippen LogP contribution in [0.15, 0.2) is 65.6 Å². The van der Waals surface area contributed by atoms with Crippen molar-refractivity contribution in [3.63, 3.8) is 0 Å². The molecule has 2 heterocycles. The van der Waals surface area contributed by atoms with Gasteiger partial charge in [-0.25, -0.2) is 14.6 Å². The fourth-order valence-corrected chi connectivity index (χ4v) is 3.33. The highest BCUT2D eigenvalue weighted by molar-refractivity contribution is 6.11. The monoisotopic (exact) mass is 399 g/mol. The Bertz CT molecular complexity index is 1300. The molecule has 1 N–H and O–H groups in total. The van der Waals surface area contributed by atoms with Crippen molar-refractivity contribution in [3.05, 3.63) is 82.7 Å². The standard InChI is InChI=1S/C23H21N5O2/c1-3-13-28-23(30)19-10-5-4-9-18(19)21(27-28)22(29)26-17-8-6-7-16(14-17)20-11-12-24-15(2)25-20/h4-12,14H,3,13H2,1-2H3,(H,26,29). The maximum Gasteiger partial charge on any atom is 0.276 e. The summed E-state index contributed by atoms with van der Waals surface area (Å²) in [5.41, 5.74) is 2.30. The van der Waals surface area contributed by atoms with E-state index >= 15 is 0 Å².